The highest BCUT2D eigenvalue weighted by Crippen LogP contribution is 2.40. The third kappa shape index (κ3) is 6.42. The maximum Gasteiger partial charge on any atom is 0.328 e. The fourth-order valence-electron chi connectivity index (χ4n) is 3.05. The lowest BCUT2D eigenvalue weighted by atomic mass is 9.84. The molecule has 2 aromatic rings. The van der Waals surface area contributed by atoms with Crippen LogP contribution in [0.25, 0.3) is 0 Å². The SMILES string of the molecule is Fc1c(F)c(F)c(OC2(c3ccc(Cl)cc3)CCNCC2)c(F)c1F.O=C(O)C=CC(=O)O. The van der Waals surface area contributed by atoms with Gasteiger partial charge in [0.25, 0.3) is 0 Å². The number of piperidine rings is 1. The van der Waals surface area contributed by atoms with Crippen LogP contribution in [0, 0.1) is 29.1 Å². The summed E-state index contributed by atoms with van der Waals surface area (Å²) in [6.45, 7) is 0.913. The van der Waals surface area contributed by atoms with E-state index < -0.39 is 52.4 Å². The first-order valence-electron chi connectivity index (χ1n) is 9.29. The van der Waals surface area contributed by atoms with Crippen LogP contribution in [0.5, 0.6) is 5.75 Å². The summed E-state index contributed by atoms with van der Waals surface area (Å²) in [4.78, 5) is 19.1. The number of carboxylic acids is 2. The van der Waals surface area contributed by atoms with E-state index in [1.54, 1.807) is 24.3 Å². The quantitative estimate of drug-likeness (QED) is 0.247. The highest BCUT2D eigenvalue weighted by atomic mass is 35.5. The molecule has 6 nitrogen and oxygen atoms in total. The highest BCUT2D eigenvalue weighted by molar-refractivity contribution is 6.30. The van der Waals surface area contributed by atoms with E-state index in [0.717, 1.165) is 0 Å². The summed E-state index contributed by atoms with van der Waals surface area (Å²) < 4.78 is 73.7. The van der Waals surface area contributed by atoms with Crippen molar-refractivity contribution in [3.05, 3.63) is 76.1 Å². The molecule has 2 aromatic carbocycles. The number of halogens is 6. The Balaban J connectivity index is 0.000000414. The predicted octanol–water partition coefficient (Wildman–Crippen LogP) is 4.41. The number of ether oxygens (including phenoxy) is 1. The normalized spacial score (nSPS) is 15.0. The Bertz CT molecular complexity index is 1010. The van der Waals surface area contributed by atoms with Gasteiger partial charge < -0.3 is 20.3 Å². The Morgan fingerprint density at radius 3 is 1.70 bits per heavy atom. The van der Waals surface area contributed by atoms with E-state index in [1.807, 2.05) is 0 Å². The summed E-state index contributed by atoms with van der Waals surface area (Å²) in [6, 6.07) is 6.37. The van der Waals surface area contributed by atoms with Crippen molar-refractivity contribution >= 4 is 23.5 Å². The minimum Gasteiger partial charge on any atom is -0.478 e. The van der Waals surface area contributed by atoms with Gasteiger partial charge in [0, 0.05) is 30.0 Å². The lowest BCUT2D eigenvalue weighted by Gasteiger charge is -2.38. The molecule has 1 aliphatic rings. The molecule has 0 amide bonds. The molecule has 178 valence electrons. The van der Waals surface area contributed by atoms with Crippen LogP contribution in [0.2, 0.25) is 5.02 Å². The summed E-state index contributed by atoms with van der Waals surface area (Å²) >= 11 is 5.85. The largest absolute Gasteiger partial charge is 0.478 e. The topological polar surface area (TPSA) is 95.9 Å². The number of rotatable bonds is 5. The summed E-state index contributed by atoms with van der Waals surface area (Å²) in [7, 11) is 0. The number of hydrogen-bond donors (Lipinski definition) is 3. The minimum absolute atomic E-state index is 0.286. The van der Waals surface area contributed by atoms with Crippen LogP contribution in [0.1, 0.15) is 18.4 Å². The van der Waals surface area contributed by atoms with Gasteiger partial charge >= 0.3 is 11.9 Å². The van der Waals surface area contributed by atoms with E-state index in [4.69, 9.17) is 26.6 Å². The Morgan fingerprint density at radius 2 is 1.27 bits per heavy atom. The lowest BCUT2D eigenvalue weighted by Crippen LogP contribution is -2.44. The lowest BCUT2D eigenvalue weighted by molar-refractivity contribution is -0.134. The fourth-order valence-corrected chi connectivity index (χ4v) is 3.17. The standard InChI is InChI=1S/C17H13ClF5NO.C4H4O4/c18-10-3-1-9(2-4-10)17(5-7-24-8-6-17)25-16-14(22)12(20)11(19)13(21)15(16)23;5-3(6)1-2-4(7)8/h1-4,24H,5-8H2;1-2H,(H,5,6)(H,7,8). The van der Waals surface area contributed by atoms with Gasteiger partial charge in [-0.05, 0) is 30.8 Å². The third-order valence-corrected chi connectivity index (χ3v) is 4.87. The second-order valence-corrected chi connectivity index (χ2v) is 7.20. The van der Waals surface area contributed by atoms with Crippen LogP contribution < -0.4 is 10.1 Å². The molecule has 0 aromatic heterocycles. The van der Waals surface area contributed by atoms with Crippen molar-refractivity contribution < 1.29 is 46.5 Å². The zero-order chi connectivity index (χ0) is 24.8. The van der Waals surface area contributed by atoms with Gasteiger partial charge in [0.05, 0.1) is 0 Å². The van der Waals surface area contributed by atoms with Crippen molar-refractivity contribution in [3.8, 4) is 5.75 Å². The molecule has 0 bridgehead atoms. The summed E-state index contributed by atoms with van der Waals surface area (Å²) in [5.41, 5.74) is -0.684. The van der Waals surface area contributed by atoms with Gasteiger partial charge in [0.15, 0.2) is 5.75 Å². The maximum atomic E-state index is 14.0. The number of hydrogen-bond acceptors (Lipinski definition) is 4. The van der Waals surface area contributed by atoms with E-state index in [0.29, 0.717) is 35.8 Å². The maximum absolute atomic E-state index is 14.0. The third-order valence-electron chi connectivity index (χ3n) is 4.62. The molecule has 0 radical (unpaired) electrons. The van der Waals surface area contributed by atoms with Crippen molar-refractivity contribution in [1.82, 2.24) is 5.32 Å². The summed E-state index contributed by atoms with van der Waals surface area (Å²) in [5.74, 6) is -14.0. The Morgan fingerprint density at radius 1 is 0.848 bits per heavy atom. The molecule has 1 heterocycles. The van der Waals surface area contributed by atoms with E-state index >= 15 is 0 Å². The van der Waals surface area contributed by atoms with Crippen LogP contribution in [-0.4, -0.2) is 35.2 Å². The van der Waals surface area contributed by atoms with Crippen molar-refractivity contribution in [3.63, 3.8) is 0 Å². The van der Waals surface area contributed by atoms with Crippen LogP contribution in [0.15, 0.2) is 36.4 Å². The molecule has 0 aliphatic carbocycles. The predicted molar refractivity (Wildman–Crippen MR) is 107 cm³/mol. The van der Waals surface area contributed by atoms with Crippen LogP contribution in [-0.2, 0) is 15.2 Å². The molecule has 0 saturated carbocycles. The van der Waals surface area contributed by atoms with Crippen molar-refractivity contribution in [1.29, 1.82) is 0 Å². The first-order chi connectivity index (χ1) is 15.5. The van der Waals surface area contributed by atoms with Gasteiger partial charge in [-0.25, -0.2) is 22.8 Å². The van der Waals surface area contributed by atoms with Crippen molar-refractivity contribution in [2.75, 3.05) is 13.1 Å². The number of benzene rings is 2. The Kier molecular flexibility index (Phi) is 8.77. The molecule has 3 rings (SSSR count). The van der Waals surface area contributed by atoms with Gasteiger partial charge in [-0.1, -0.05) is 23.7 Å². The molecule has 0 spiro atoms. The molecular formula is C21H17ClF5NO5. The van der Waals surface area contributed by atoms with Crippen LogP contribution >= 0.6 is 11.6 Å². The fraction of sp³-hybridized carbons (Fsp3) is 0.238. The van der Waals surface area contributed by atoms with Gasteiger partial charge in [-0.3, -0.25) is 0 Å². The molecule has 1 fully saturated rings. The first kappa shape index (κ1) is 26.1. The Labute approximate surface area is 189 Å². The number of aliphatic carboxylic acids is 2. The molecule has 0 atom stereocenters. The molecule has 3 N–H and O–H groups in total. The number of carboxylic acid groups (broad SMARTS) is 2. The van der Waals surface area contributed by atoms with Crippen LogP contribution in [0.3, 0.4) is 0 Å². The Hall–Kier alpha value is -3.18. The van der Waals surface area contributed by atoms with E-state index in [9.17, 15) is 31.5 Å². The van der Waals surface area contributed by atoms with Crippen molar-refractivity contribution in [2.24, 2.45) is 0 Å². The second-order valence-electron chi connectivity index (χ2n) is 6.76. The number of carbonyl (C=O) groups is 2. The smallest absolute Gasteiger partial charge is 0.328 e. The second kappa shape index (κ2) is 11.1. The zero-order valence-corrected chi connectivity index (χ0v) is 17.4. The molecule has 0 unspecified atom stereocenters. The first-order valence-corrected chi connectivity index (χ1v) is 9.67. The van der Waals surface area contributed by atoms with E-state index in [-0.39, 0.29) is 12.8 Å². The summed E-state index contributed by atoms with van der Waals surface area (Å²) in [6.07, 6.45) is 1.69. The monoisotopic (exact) mass is 493 g/mol. The van der Waals surface area contributed by atoms with Gasteiger partial charge in [0.1, 0.15) is 5.60 Å². The van der Waals surface area contributed by atoms with E-state index in [1.165, 1.54) is 0 Å². The number of nitrogens with one attached hydrogen (secondary N) is 1. The minimum atomic E-state index is -2.21. The molecule has 12 heteroatoms. The van der Waals surface area contributed by atoms with E-state index in [2.05, 4.69) is 5.32 Å². The van der Waals surface area contributed by atoms with Gasteiger partial charge in [-0.2, -0.15) is 8.78 Å². The van der Waals surface area contributed by atoms with Crippen LogP contribution in [0.4, 0.5) is 22.0 Å². The average Bonchev–Trinajstić information content (AvgIpc) is 2.79. The van der Waals surface area contributed by atoms with Crippen molar-refractivity contribution in [2.45, 2.75) is 18.4 Å². The molecule has 1 saturated heterocycles. The van der Waals surface area contributed by atoms with Gasteiger partial charge in [0.2, 0.25) is 29.1 Å². The zero-order valence-electron chi connectivity index (χ0n) is 16.7. The van der Waals surface area contributed by atoms with Gasteiger partial charge in [-0.15, -0.1) is 0 Å². The average molecular weight is 494 g/mol. The summed E-state index contributed by atoms with van der Waals surface area (Å²) in [5, 5.41) is 19.1. The molecule has 1 aliphatic heterocycles. The molecular weight excluding hydrogens is 477 g/mol. The highest BCUT2D eigenvalue weighted by Gasteiger charge is 2.39. The molecule has 33 heavy (non-hydrogen) atoms.